The molecule has 1 saturated carbocycles. The minimum Gasteiger partial charge on any atom is -0.487 e. The maximum atomic E-state index is 11.5. The van der Waals surface area contributed by atoms with Crippen LogP contribution in [0.2, 0.25) is 5.02 Å². The molecule has 1 aliphatic heterocycles. The summed E-state index contributed by atoms with van der Waals surface area (Å²) in [7, 11) is 0. The minimum absolute atomic E-state index is 0.148. The molecular weight excluding hydrogens is 478 g/mol. The van der Waals surface area contributed by atoms with Crippen LogP contribution in [0.4, 0.5) is 0 Å². The third kappa shape index (κ3) is 4.96. The highest BCUT2D eigenvalue weighted by Crippen LogP contribution is 2.61. The number of β-amino-alcohol motifs (C(OH)–C–C–N with tert-alkyl or cyclic N) is 1. The van der Waals surface area contributed by atoms with Crippen molar-refractivity contribution in [2.75, 3.05) is 13.2 Å². The highest BCUT2D eigenvalue weighted by Gasteiger charge is 2.64. The van der Waals surface area contributed by atoms with Gasteiger partial charge in [-0.05, 0) is 55.2 Å². The smallest absolute Gasteiger partial charge is 0.311 e. The molecule has 36 heavy (non-hydrogen) atoms. The molecule has 5 atom stereocenters. The van der Waals surface area contributed by atoms with Gasteiger partial charge in [0.15, 0.2) is 0 Å². The lowest BCUT2D eigenvalue weighted by atomic mass is 9.93. The summed E-state index contributed by atoms with van der Waals surface area (Å²) in [6.45, 7) is 6.69. The van der Waals surface area contributed by atoms with Gasteiger partial charge in [0.25, 0.3) is 0 Å². The summed E-state index contributed by atoms with van der Waals surface area (Å²) in [6, 6.07) is 18.5. The van der Waals surface area contributed by atoms with Crippen LogP contribution < -0.4 is 10.1 Å². The van der Waals surface area contributed by atoms with Crippen LogP contribution in [-0.2, 0) is 16.0 Å². The van der Waals surface area contributed by atoms with E-state index < -0.39 is 18.0 Å². The van der Waals surface area contributed by atoms with E-state index in [1.165, 1.54) is 16.3 Å². The van der Waals surface area contributed by atoms with Crippen molar-refractivity contribution in [3.8, 4) is 5.75 Å². The van der Waals surface area contributed by atoms with E-state index in [1.54, 1.807) is 6.07 Å². The molecule has 1 aliphatic carbocycles. The van der Waals surface area contributed by atoms with Gasteiger partial charge in [0.2, 0.25) is 0 Å². The highest BCUT2D eigenvalue weighted by molar-refractivity contribution is 6.32. The van der Waals surface area contributed by atoms with E-state index in [2.05, 4.69) is 49.5 Å². The van der Waals surface area contributed by atoms with E-state index in [4.69, 9.17) is 21.1 Å². The lowest BCUT2D eigenvalue weighted by molar-refractivity contribution is -0.139. The molecule has 0 bridgehead atoms. The number of hydrogen-bond acceptors (Lipinski definition) is 5. The van der Waals surface area contributed by atoms with Crippen molar-refractivity contribution < 1.29 is 24.5 Å². The lowest BCUT2D eigenvalue weighted by Crippen LogP contribution is -2.46. The van der Waals surface area contributed by atoms with Crippen molar-refractivity contribution in [2.24, 2.45) is 5.92 Å². The molecular formula is C29H32ClNO5. The summed E-state index contributed by atoms with van der Waals surface area (Å²) in [5.74, 6) is -1.03. The number of rotatable bonds is 10. The molecule has 190 valence electrons. The number of nitrogens with one attached hydrogen (secondary N) is 1. The van der Waals surface area contributed by atoms with Gasteiger partial charge in [0, 0.05) is 23.6 Å². The molecule has 3 N–H and O–H groups in total. The first-order valence-electron chi connectivity index (χ1n) is 12.4. The summed E-state index contributed by atoms with van der Waals surface area (Å²) >= 11 is 6.30. The largest absolute Gasteiger partial charge is 0.487 e. The van der Waals surface area contributed by atoms with Crippen LogP contribution in [0.1, 0.15) is 49.5 Å². The number of carbonyl (C=O) groups is 1. The molecule has 3 aromatic carbocycles. The molecule has 0 spiro atoms. The second kappa shape index (κ2) is 9.67. The zero-order chi connectivity index (χ0) is 25.6. The van der Waals surface area contributed by atoms with Gasteiger partial charge in [0.05, 0.1) is 23.8 Å². The SMILES string of the molecule is C[C@@H](OCC(O)CNC(C)(C)Cc1ccc2ccccc2c1)c1ccc(Cl)c2c1C1C(O2)C1C(=O)O. The Morgan fingerprint density at radius 1 is 1.17 bits per heavy atom. The van der Waals surface area contributed by atoms with Crippen LogP contribution in [0.25, 0.3) is 10.8 Å². The van der Waals surface area contributed by atoms with Gasteiger partial charge in [-0.15, -0.1) is 0 Å². The van der Waals surface area contributed by atoms with Crippen molar-refractivity contribution in [2.45, 2.75) is 57.0 Å². The van der Waals surface area contributed by atoms with E-state index >= 15 is 0 Å². The Balaban J connectivity index is 1.16. The van der Waals surface area contributed by atoms with Gasteiger partial charge in [0.1, 0.15) is 17.8 Å². The molecule has 2 aliphatic rings. The molecule has 5 rings (SSSR count). The number of aliphatic hydroxyl groups is 1. The summed E-state index contributed by atoms with van der Waals surface area (Å²) in [4.78, 5) is 11.5. The molecule has 1 fully saturated rings. The fourth-order valence-corrected chi connectivity index (χ4v) is 5.54. The lowest BCUT2D eigenvalue weighted by Gasteiger charge is -2.28. The van der Waals surface area contributed by atoms with Gasteiger partial charge >= 0.3 is 5.97 Å². The Morgan fingerprint density at radius 3 is 2.67 bits per heavy atom. The number of carboxylic acids is 1. The summed E-state index contributed by atoms with van der Waals surface area (Å²) in [5, 5.41) is 26.5. The number of hydrogen-bond donors (Lipinski definition) is 3. The van der Waals surface area contributed by atoms with Crippen molar-refractivity contribution in [1.29, 1.82) is 0 Å². The van der Waals surface area contributed by atoms with Crippen LogP contribution in [-0.4, -0.2) is 47.1 Å². The summed E-state index contributed by atoms with van der Waals surface area (Å²) in [6.07, 6.45) is -0.566. The number of aliphatic hydroxyl groups excluding tert-OH is 1. The predicted molar refractivity (Wildman–Crippen MR) is 140 cm³/mol. The normalized spacial score (nSPS) is 22.0. The predicted octanol–water partition coefficient (Wildman–Crippen LogP) is 5.10. The van der Waals surface area contributed by atoms with Crippen LogP contribution in [0.3, 0.4) is 0 Å². The quantitative estimate of drug-likeness (QED) is 0.352. The van der Waals surface area contributed by atoms with E-state index in [9.17, 15) is 15.0 Å². The maximum Gasteiger partial charge on any atom is 0.311 e. The van der Waals surface area contributed by atoms with Crippen LogP contribution in [0, 0.1) is 5.92 Å². The second-order valence-corrected chi connectivity index (χ2v) is 11.0. The fraction of sp³-hybridized carbons (Fsp3) is 0.414. The molecule has 0 radical (unpaired) electrons. The minimum atomic E-state index is -0.858. The van der Waals surface area contributed by atoms with Gasteiger partial charge < -0.3 is 25.0 Å². The molecule has 0 amide bonds. The zero-order valence-electron chi connectivity index (χ0n) is 20.7. The highest BCUT2D eigenvalue weighted by atomic mass is 35.5. The number of fused-ring (bicyclic) bond motifs is 4. The van der Waals surface area contributed by atoms with Crippen molar-refractivity contribution in [3.05, 3.63) is 76.3 Å². The third-order valence-electron chi connectivity index (χ3n) is 7.26. The number of aliphatic carboxylic acids is 1. The van der Waals surface area contributed by atoms with E-state index in [0.29, 0.717) is 17.3 Å². The molecule has 7 heteroatoms. The van der Waals surface area contributed by atoms with Crippen molar-refractivity contribution in [1.82, 2.24) is 5.32 Å². The number of carboxylic acid groups (broad SMARTS) is 1. The fourth-order valence-electron chi connectivity index (χ4n) is 5.33. The Bertz CT molecular complexity index is 1290. The third-order valence-corrected chi connectivity index (χ3v) is 7.56. The number of halogens is 1. The van der Waals surface area contributed by atoms with Gasteiger partial charge in [-0.3, -0.25) is 4.79 Å². The zero-order valence-corrected chi connectivity index (χ0v) is 21.5. The van der Waals surface area contributed by atoms with Gasteiger partial charge in [-0.25, -0.2) is 0 Å². The molecule has 0 aromatic heterocycles. The van der Waals surface area contributed by atoms with Crippen molar-refractivity contribution >= 4 is 28.3 Å². The Kier molecular flexibility index (Phi) is 6.72. The average molecular weight is 510 g/mol. The first-order chi connectivity index (χ1) is 17.1. The molecule has 6 nitrogen and oxygen atoms in total. The van der Waals surface area contributed by atoms with Gasteiger partial charge in [-0.1, -0.05) is 60.1 Å². The Labute approximate surface area is 216 Å². The van der Waals surface area contributed by atoms with E-state index in [0.717, 1.165) is 17.5 Å². The first-order valence-corrected chi connectivity index (χ1v) is 12.8. The van der Waals surface area contributed by atoms with Crippen LogP contribution in [0.15, 0.2) is 54.6 Å². The molecule has 1 heterocycles. The topological polar surface area (TPSA) is 88.0 Å². The molecule has 0 saturated heterocycles. The number of benzene rings is 3. The van der Waals surface area contributed by atoms with Gasteiger partial charge in [-0.2, -0.15) is 0 Å². The van der Waals surface area contributed by atoms with E-state index in [1.807, 2.05) is 25.1 Å². The van der Waals surface area contributed by atoms with Crippen molar-refractivity contribution in [3.63, 3.8) is 0 Å². The Hall–Kier alpha value is -2.64. The van der Waals surface area contributed by atoms with Crippen LogP contribution >= 0.6 is 11.6 Å². The first kappa shape index (κ1) is 25.0. The van der Waals surface area contributed by atoms with E-state index in [-0.39, 0.29) is 30.3 Å². The average Bonchev–Trinajstić information content (AvgIpc) is 3.43. The standard InChI is InChI=1S/C29H32ClNO5/c1-16(21-10-11-22(30)26-23(21)24-25(28(33)34)27(24)36-26)35-15-20(32)14-31-29(2,3)13-17-8-9-18-6-4-5-7-19(18)12-17/h4-12,16,20,24-25,27,31-32H,13-15H2,1-3H3,(H,33,34)/t16-,20?,24?,25?,27?/m1/s1. The summed E-state index contributed by atoms with van der Waals surface area (Å²) < 4.78 is 11.8. The monoisotopic (exact) mass is 509 g/mol. The molecule has 3 aromatic rings. The van der Waals surface area contributed by atoms with Crippen LogP contribution in [0.5, 0.6) is 5.75 Å². The Morgan fingerprint density at radius 2 is 1.92 bits per heavy atom. The maximum absolute atomic E-state index is 11.5. The number of ether oxygens (including phenoxy) is 2. The summed E-state index contributed by atoms with van der Waals surface area (Å²) in [5.41, 5.74) is 2.72. The second-order valence-electron chi connectivity index (χ2n) is 10.6. The molecule has 4 unspecified atom stereocenters.